The van der Waals surface area contributed by atoms with E-state index in [0.717, 1.165) is 5.56 Å². The molecule has 15 nitrogen and oxygen atoms in total. The molecule has 0 bridgehead atoms. The molecule has 2 aliphatic heterocycles. The molecule has 42 heavy (non-hydrogen) atoms. The molecule has 2 aliphatic rings. The van der Waals surface area contributed by atoms with Crippen LogP contribution in [0.4, 0.5) is 0 Å². The second kappa shape index (κ2) is 14.0. The number of aliphatic hydroxyl groups is 4. The summed E-state index contributed by atoms with van der Waals surface area (Å²) < 4.78 is 18.8. The third kappa shape index (κ3) is 7.38. The Hall–Kier alpha value is -3.70. The van der Waals surface area contributed by atoms with E-state index in [1.165, 1.54) is 21.5 Å². The molecule has 0 amide bonds. The quantitative estimate of drug-likeness (QED) is 0.175. The Labute approximate surface area is 238 Å². The normalized spacial score (nSPS) is 25.3. The first-order valence-corrected chi connectivity index (χ1v) is 13.3. The van der Waals surface area contributed by atoms with Gasteiger partial charge in [0, 0.05) is 30.8 Å². The van der Waals surface area contributed by atoms with Crippen LogP contribution in [0.1, 0.15) is 42.0 Å². The monoisotopic (exact) mass is 590 g/mol. The predicted octanol–water partition coefficient (Wildman–Crippen LogP) is -1.62. The molecule has 228 valence electrons. The van der Waals surface area contributed by atoms with Crippen molar-refractivity contribution < 1.29 is 34.6 Å². The van der Waals surface area contributed by atoms with Crippen molar-refractivity contribution in [3.63, 3.8) is 0 Å². The third-order valence-electron chi connectivity index (χ3n) is 6.95. The van der Waals surface area contributed by atoms with E-state index in [-0.39, 0.29) is 38.2 Å². The zero-order valence-electron chi connectivity index (χ0n) is 22.8. The number of ether oxygens (including phenoxy) is 3. The lowest BCUT2D eigenvalue weighted by molar-refractivity contribution is -0.0461. The van der Waals surface area contributed by atoms with E-state index in [1.807, 2.05) is 30.3 Å². The lowest BCUT2D eigenvalue weighted by Crippen LogP contribution is -2.34. The van der Waals surface area contributed by atoms with Crippen LogP contribution in [0.5, 0.6) is 0 Å². The highest BCUT2D eigenvalue weighted by Gasteiger charge is 2.36. The molecule has 6 N–H and O–H groups in total. The maximum absolute atomic E-state index is 12.0. The predicted molar refractivity (Wildman–Crippen MR) is 146 cm³/mol. The molecule has 0 aliphatic carbocycles. The molecule has 0 saturated carbocycles. The van der Waals surface area contributed by atoms with Crippen LogP contribution >= 0.6 is 0 Å². The number of H-pyrrole nitrogens is 2. The van der Waals surface area contributed by atoms with Crippen molar-refractivity contribution in [2.24, 2.45) is 0 Å². The van der Waals surface area contributed by atoms with Crippen molar-refractivity contribution in [2.45, 2.75) is 69.9 Å². The molecular weight excluding hydrogens is 556 g/mol. The van der Waals surface area contributed by atoms with Crippen LogP contribution in [-0.4, -0.2) is 77.2 Å². The van der Waals surface area contributed by atoms with Crippen LogP contribution in [0, 0.1) is 6.92 Å². The van der Waals surface area contributed by atoms with Gasteiger partial charge in [0.05, 0.1) is 44.2 Å². The summed E-state index contributed by atoms with van der Waals surface area (Å²) in [7, 11) is 0. The van der Waals surface area contributed by atoms with Crippen LogP contribution in [-0.2, 0) is 27.4 Å². The van der Waals surface area contributed by atoms with Gasteiger partial charge in [-0.25, -0.2) is 9.59 Å². The second-order valence-corrected chi connectivity index (χ2v) is 10.0. The fourth-order valence-corrected chi connectivity index (χ4v) is 4.60. The highest BCUT2D eigenvalue weighted by Crippen LogP contribution is 2.28. The standard InChI is InChI=1S/C17H20N2O6.C10H14N2O5/c20-8-14-13(21)6-15(25-14)19-7-12(16(22)18-17(19)23)10-24-9-11-4-2-1-3-5-11;1-5-3-12(10(16)11-9(5)15)8-2-6(14)7(4-13)17-8/h1-5,7,13-15,20-21H,6,8-10H2,(H,18,22,23);3,6-8,13-14H,2,4H2,1H3,(H,11,15,16)/t13?,14-,15-;6?,7-,8-/m11/s1. The van der Waals surface area contributed by atoms with Gasteiger partial charge in [-0.1, -0.05) is 30.3 Å². The number of nitrogens with one attached hydrogen (secondary N) is 2. The van der Waals surface area contributed by atoms with Crippen molar-refractivity contribution in [1.29, 1.82) is 0 Å². The summed E-state index contributed by atoms with van der Waals surface area (Å²) in [5, 5.41) is 37.5. The number of aliphatic hydroxyl groups excluding tert-OH is 4. The van der Waals surface area contributed by atoms with Gasteiger partial charge in [0.15, 0.2) is 0 Å². The van der Waals surface area contributed by atoms with Gasteiger partial charge in [-0.2, -0.15) is 0 Å². The van der Waals surface area contributed by atoms with Gasteiger partial charge in [0.1, 0.15) is 24.7 Å². The molecule has 2 fully saturated rings. The molecule has 0 radical (unpaired) electrons. The van der Waals surface area contributed by atoms with Crippen molar-refractivity contribution in [1.82, 2.24) is 19.1 Å². The highest BCUT2D eigenvalue weighted by molar-refractivity contribution is 5.13. The van der Waals surface area contributed by atoms with Gasteiger partial charge in [0.25, 0.3) is 11.1 Å². The Morgan fingerprint density at radius 2 is 1.33 bits per heavy atom. The number of hydrogen-bond donors (Lipinski definition) is 6. The van der Waals surface area contributed by atoms with E-state index in [4.69, 9.17) is 24.4 Å². The lowest BCUT2D eigenvalue weighted by Gasteiger charge is -2.15. The molecular formula is C27H34N4O11. The molecule has 5 rings (SSSR count). The number of aromatic nitrogens is 4. The summed E-state index contributed by atoms with van der Waals surface area (Å²) in [5.74, 6) is 0. The van der Waals surface area contributed by atoms with Crippen LogP contribution in [0.2, 0.25) is 0 Å². The molecule has 1 aromatic carbocycles. The van der Waals surface area contributed by atoms with Gasteiger partial charge < -0.3 is 34.6 Å². The topological polar surface area (TPSA) is 218 Å². The number of aryl methyl sites for hydroxylation is 1. The van der Waals surface area contributed by atoms with E-state index < -0.39 is 59.4 Å². The Bertz CT molecular complexity index is 1560. The zero-order chi connectivity index (χ0) is 30.4. The number of hydrogen-bond acceptors (Lipinski definition) is 11. The summed E-state index contributed by atoms with van der Waals surface area (Å²) in [6, 6.07) is 9.51. The minimum absolute atomic E-state index is 0.0310. The van der Waals surface area contributed by atoms with Crippen molar-refractivity contribution in [3.8, 4) is 0 Å². The minimum atomic E-state index is -0.869. The molecule has 3 aromatic rings. The van der Waals surface area contributed by atoms with Gasteiger partial charge in [0.2, 0.25) is 0 Å². The largest absolute Gasteiger partial charge is 0.394 e. The fourth-order valence-electron chi connectivity index (χ4n) is 4.60. The average molecular weight is 591 g/mol. The SMILES string of the molecule is Cc1cn([C@H]2CC(O)[C@@H](CO)O2)c(=O)[nH]c1=O.O=c1[nH]c(=O)n([C@H]2CC(O)[C@@H](CO)O2)cc1COCc1ccccc1. The maximum atomic E-state index is 12.0. The first-order chi connectivity index (χ1) is 20.1. The van der Waals surface area contributed by atoms with E-state index in [2.05, 4.69) is 9.97 Å². The molecule has 2 saturated heterocycles. The molecule has 4 heterocycles. The first-order valence-electron chi connectivity index (χ1n) is 13.3. The maximum Gasteiger partial charge on any atom is 0.330 e. The van der Waals surface area contributed by atoms with Crippen LogP contribution in [0.3, 0.4) is 0 Å². The average Bonchev–Trinajstić information content (AvgIpc) is 3.54. The number of benzene rings is 1. The molecule has 15 heteroatoms. The van der Waals surface area contributed by atoms with E-state index in [0.29, 0.717) is 12.2 Å². The smallest absolute Gasteiger partial charge is 0.330 e. The second-order valence-electron chi connectivity index (χ2n) is 10.0. The lowest BCUT2D eigenvalue weighted by atomic mass is 10.2. The van der Waals surface area contributed by atoms with Crippen molar-refractivity contribution >= 4 is 0 Å². The Balaban J connectivity index is 0.000000208. The minimum Gasteiger partial charge on any atom is -0.394 e. The Kier molecular flexibility index (Phi) is 10.4. The Morgan fingerprint density at radius 3 is 1.86 bits per heavy atom. The van der Waals surface area contributed by atoms with Gasteiger partial charge in [-0.3, -0.25) is 28.7 Å². The Morgan fingerprint density at radius 1 is 0.810 bits per heavy atom. The fraction of sp³-hybridized carbons (Fsp3) is 0.481. The summed E-state index contributed by atoms with van der Waals surface area (Å²) in [6.45, 7) is 1.29. The number of aromatic amines is 2. The highest BCUT2D eigenvalue weighted by atomic mass is 16.5. The molecule has 2 unspecified atom stereocenters. The molecule has 2 aromatic heterocycles. The first kappa shape index (κ1) is 31.2. The van der Waals surface area contributed by atoms with E-state index in [1.54, 1.807) is 6.92 Å². The third-order valence-corrected chi connectivity index (χ3v) is 6.95. The van der Waals surface area contributed by atoms with Gasteiger partial charge in [-0.05, 0) is 12.5 Å². The number of nitrogens with zero attached hydrogens (tertiary/aromatic N) is 2. The summed E-state index contributed by atoms with van der Waals surface area (Å²) >= 11 is 0. The van der Waals surface area contributed by atoms with E-state index >= 15 is 0 Å². The summed E-state index contributed by atoms with van der Waals surface area (Å²) in [4.78, 5) is 51.1. The van der Waals surface area contributed by atoms with Crippen LogP contribution < -0.4 is 22.5 Å². The molecule has 0 spiro atoms. The molecule has 6 atom stereocenters. The summed E-state index contributed by atoms with van der Waals surface area (Å²) in [5.41, 5.74) is -0.546. The van der Waals surface area contributed by atoms with Crippen LogP contribution in [0.15, 0.2) is 61.9 Å². The van der Waals surface area contributed by atoms with Crippen molar-refractivity contribution in [2.75, 3.05) is 13.2 Å². The summed E-state index contributed by atoms with van der Waals surface area (Å²) in [6.07, 6.45) is -1.41. The number of rotatable bonds is 8. The van der Waals surface area contributed by atoms with Gasteiger partial charge >= 0.3 is 11.4 Å². The van der Waals surface area contributed by atoms with Gasteiger partial charge in [-0.15, -0.1) is 0 Å². The van der Waals surface area contributed by atoms with E-state index in [9.17, 15) is 29.4 Å². The zero-order valence-corrected chi connectivity index (χ0v) is 22.8. The van der Waals surface area contributed by atoms with Crippen LogP contribution in [0.25, 0.3) is 0 Å². The van der Waals surface area contributed by atoms with Crippen molar-refractivity contribution in [3.05, 3.63) is 101 Å².